The highest BCUT2D eigenvalue weighted by Crippen LogP contribution is 2.31. The molecule has 0 spiro atoms. The molecule has 7 heteroatoms. The quantitative estimate of drug-likeness (QED) is 0.719. The van der Waals surface area contributed by atoms with Crippen LogP contribution in [0.2, 0.25) is 0 Å². The molecule has 2 aromatic heterocycles. The Bertz CT molecular complexity index is 793. The van der Waals surface area contributed by atoms with E-state index < -0.39 is 0 Å². The van der Waals surface area contributed by atoms with E-state index in [2.05, 4.69) is 31.7 Å². The maximum atomic E-state index is 13.0. The third-order valence-corrected chi connectivity index (χ3v) is 5.61. The van der Waals surface area contributed by atoms with Crippen LogP contribution in [-0.4, -0.2) is 65.0 Å². The highest BCUT2D eigenvalue weighted by atomic mass is 16.2. The minimum Gasteiger partial charge on any atom is -0.356 e. The molecular formula is C22H30N6O. The molecule has 7 nitrogen and oxygen atoms in total. The van der Waals surface area contributed by atoms with Crippen LogP contribution in [0.25, 0.3) is 0 Å². The molecule has 0 unspecified atom stereocenters. The first-order valence-electron chi connectivity index (χ1n) is 10.8. The van der Waals surface area contributed by atoms with Crippen molar-refractivity contribution in [3.05, 3.63) is 42.4 Å². The fraction of sp³-hybridized carbons (Fsp3) is 0.545. The van der Waals surface area contributed by atoms with Gasteiger partial charge in [-0.25, -0.2) is 15.0 Å². The van der Waals surface area contributed by atoms with Crippen LogP contribution in [0.3, 0.4) is 0 Å². The van der Waals surface area contributed by atoms with E-state index in [0.29, 0.717) is 12.1 Å². The van der Waals surface area contributed by atoms with Gasteiger partial charge < -0.3 is 14.7 Å². The molecule has 1 amide bonds. The lowest BCUT2D eigenvalue weighted by atomic mass is 10.2. The van der Waals surface area contributed by atoms with Crippen molar-refractivity contribution in [1.29, 1.82) is 0 Å². The van der Waals surface area contributed by atoms with Crippen molar-refractivity contribution in [1.82, 2.24) is 19.9 Å². The van der Waals surface area contributed by atoms with Gasteiger partial charge in [-0.05, 0) is 49.8 Å². The molecule has 2 aliphatic rings. The highest BCUT2D eigenvalue weighted by molar-refractivity contribution is 5.94. The first-order valence-corrected chi connectivity index (χ1v) is 10.8. The second kappa shape index (κ2) is 9.20. The normalized spacial score (nSPS) is 17.1. The molecule has 0 atom stereocenters. The van der Waals surface area contributed by atoms with E-state index in [1.165, 1.54) is 12.8 Å². The van der Waals surface area contributed by atoms with Crippen molar-refractivity contribution in [2.75, 3.05) is 49.1 Å². The largest absolute Gasteiger partial charge is 0.356 e. The lowest BCUT2D eigenvalue weighted by Gasteiger charge is -2.24. The predicted molar refractivity (Wildman–Crippen MR) is 114 cm³/mol. The summed E-state index contributed by atoms with van der Waals surface area (Å²) < 4.78 is 0. The molecule has 1 saturated carbocycles. The van der Waals surface area contributed by atoms with Gasteiger partial charge in [0.1, 0.15) is 5.82 Å². The number of rotatable bonds is 7. The van der Waals surface area contributed by atoms with Gasteiger partial charge >= 0.3 is 0 Å². The molecule has 2 aromatic rings. The number of hydrogen-bond acceptors (Lipinski definition) is 6. The first-order chi connectivity index (χ1) is 14.2. The van der Waals surface area contributed by atoms with Crippen LogP contribution in [0.1, 0.15) is 43.0 Å². The topological polar surface area (TPSA) is 65.5 Å². The van der Waals surface area contributed by atoms with E-state index in [9.17, 15) is 4.79 Å². The number of carbonyl (C=O) groups is 1. The Morgan fingerprint density at radius 3 is 2.62 bits per heavy atom. The van der Waals surface area contributed by atoms with Crippen molar-refractivity contribution < 1.29 is 4.79 Å². The average molecular weight is 395 g/mol. The van der Waals surface area contributed by atoms with Crippen molar-refractivity contribution in [3.63, 3.8) is 0 Å². The lowest BCUT2D eigenvalue weighted by molar-refractivity contribution is 0.0766. The Morgan fingerprint density at radius 2 is 1.93 bits per heavy atom. The number of carbonyl (C=O) groups excluding carboxylic acids is 1. The summed E-state index contributed by atoms with van der Waals surface area (Å²) >= 11 is 0. The number of aromatic nitrogens is 3. The van der Waals surface area contributed by atoms with Crippen molar-refractivity contribution in [2.24, 2.45) is 5.92 Å². The summed E-state index contributed by atoms with van der Waals surface area (Å²) in [4.78, 5) is 32.7. The Labute approximate surface area is 172 Å². The van der Waals surface area contributed by atoms with Crippen LogP contribution >= 0.6 is 0 Å². The second-order valence-electron chi connectivity index (χ2n) is 7.98. The molecule has 1 aliphatic carbocycles. The fourth-order valence-corrected chi connectivity index (χ4v) is 3.84. The Hall–Kier alpha value is -2.70. The molecule has 2 fully saturated rings. The Balaban J connectivity index is 1.38. The van der Waals surface area contributed by atoms with Gasteiger partial charge in [-0.3, -0.25) is 4.79 Å². The first kappa shape index (κ1) is 19.6. The molecular weight excluding hydrogens is 364 g/mol. The van der Waals surface area contributed by atoms with Gasteiger partial charge in [-0.2, -0.15) is 0 Å². The summed E-state index contributed by atoms with van der Waals surface area (Å²) in [5.74, 6) is 2.60. The van der Waals surface area contributed by atoms with Gasteiger partial charge in [0.2, 0.25) is 5.95 Å². The maximum absolute atomic E-state index is 13.0. The third-order valence-electron chi connectivity index (χ3n) is 5.61. The summed E-state index contributed by atoms with van der Waals surface area (Å²) in [6.07, 6.45) is 9.93. The summed E-state index contributed by atoms with van der Waals surface area (Å²) in [6.45, 7) is 7.31. The summed E-state index contributed by atoms with van der Waals surface area (Å²) in [6, 6.07) is 5.76. The molecule has 0 aromatic carbocycles. The van der Waals surface area contributed by atoms with Crippen LogP contribution in [0.15, 0.2) is 36.8 Å². The zero-order chi connectivity index (χ0) is 20.1. The van der Waals surface area contributed by atoms with E-state index in [1.807, 2.05) is 23.1 Å². The molecule has 1 aliphatic heterocycles. The number of hydrogen-bond donors (Lipinski definition) is 0. The van der Waals surface area contributed by atoms with E-state index in [1.54, 1.807) is 18.6 Å². The van der Waals surface area contributed by atoms with Crippen LogP contribution < -0.4 is 9.80 Å². The fourth-order valence-electron chi connectivity index (χ4n) is 3.84. The second-order valence-corrected chi connectivity index (χ2v) is 7.98. The molecule has 0 radical (unpaired) electrons. The third kappa shape index (κ3) is 5.02. The molecule has 0 bridgehead atoms. The van der Waals surface area contributed by atoms with E-state index in [0.717, 1.165) is 63.2 Å². The number of anilines is 2. The van der Waals surface area contributed by atoms with Gasteiger partial charge in [0.25, 0.3) is 5.91 Å². The molecule has 29 heavy (non-hydrogen) atoms. The zero-order valence-electron chi connectivity index (χ0n) is 17.2. The lowest BCUT2D eigenvalue weighted by Crippen LogP contribution is -2.35. The summed E-state index contributed by atoms with van der Waals surface area (Å²) in [5.41, 5.74) is 0.668. The number of amides is 1. The molecule has 154 valence electrons. The molecule has 1 saturated heterocycles. The van der Waals surface area contributed by atoms with Crippen molar-refractivity contribution in [2.45, 2.75) is 32.6 Å². The van der Waals surface area contributed by atoms with E-state index in [4.69, 9.17) is 0 Å². The van der Waals surface area contributed by atoms with E-state index >= 15 is 0 Å². The van der Waals surface area contributed by atoms with Crippen LogP contribution in [0.5, 0.6) is 0 Å². The molecule has 0 N–H and O–H groups in total. The monoisotopic (exact) mass is 394 g/mol. The standard InChI is InChI=1S/C22H30N6O/c1-2-11-28(17-18-5-6-18)20-8-7-19(16-25-20)21(29)26-12-4-13-27(15-14-26)22-23-9-3-10-24-22/h3,7-10,16,18H,2,4-6,11-15,17H2,1H3. The average Bonchev–Trinajstić information content (AvgIpc) is 3.60. The van der Waals surface area contributed by atoms with Gasteiger partial charge in [-0.1, -0.05) is 6.92 Å². The molecule has 4 rings (SSSR count). The van der Waals surface area contributed by atoms with Gasteiger partial charge in [-0.15, -0.1) is 0 Å². The van der Waals surface area contributed by atoms with Crippen molar-refractivity contribution >= 4 is 17.7 Å². The Morgan fingerprint density at radius 1 is 1.10 bits per heavy atom. The molecule has 3 heterocycles. The SMILES string of the molecule is CCCN(CC1CC1)c1ccc(C(=O)N2CCCN(c3ncccn3)CC2)cn1. The maximum Gasteiger partial charge on any atom is 0.255 e. The Kier molecular flexibility index (Phi) is 6.22. The summed E-state index contributed by atoms with van der Waals surface area (Å²) in [5, 5.41) is 0. The van der Waals surface area contributed by atoms with Crippen LogP contribution in [-0.2, 0) is 0 Å². The van der Waals surface area contributed by atoms with Crippen LogP contribution in [0.4, 0.5) is 11.8 Å². The minimum atomic E-state index is 0.0594. The zero-order valence-corrected chi connectivity index (χ0v) is 17.2. The van der Waals surface area contributed by atoms with Gasteiger partial charge in [0.05, 0.1) is 5.56 Å². The number of pyridine rings is 1. The van der Waals surface area contributed by atoms with E-state index in [-0.39, 0.29) is 5.91 Å². The smallest absolute Gasteiger partial charge is 0.255 e. The highest BCUT2D eigenvalue weighted by Gasteiger charge is 2.25. The van der Waals surface area contributed by atoms with Gasteiger partial charge in [0, 0.05) is 57.9 Å². The predicted octanol–water partition coefficient (Wildman–Crippen LogP) is 2.85. The van der Waals surface area contributed by atoms with Crippen LogP contribution in [0, 0.1) is 5.92 Å². The van der Waals surface area contributed by atoms with Gasteiger partial charge in [0.15, 0.2) is 0 Å². The summed E-state index contributed by atoms with van der Waals surface area (Å²) in [7, 11) is 0. The minimum absolute atomic E-state index is 0.0594. The number of nitrogens with zero attached hydrogens (tertiary/aromatic N) is 6. The van der Waals surface area contributed by atoms with Crippen molar-refractivity contribution in [3.8, 4) is 0 Å².